The van der Waals surface area contributed by atoms with Gasteiger partial charge in [0.2, 0.25) is 0 Å². The third-order valence-corrected chi connectivity index (χ3v) is 2.80. The van der Waals surface area contributed by atoms with Gasteiger partial charge in [0.05, 0.1) is 5.56 Å². The predicted octanol–water partition coefficient (Wildman–Crippen LogP) is 3.49. The van der Waals surface area contributed by atoms with Crippen LogP contribution in [0.3, 0.4) is 0 Å². The lowest BCUT2D eigenvalue weighted by atomic mass is 9.98. The van der Waals surface area contributed by atoms with Crippen LogP contribution in [0.4, 0.5) is 13.2 Å². The van der Waals surface area contributed by atoms with Gasteiger partial charge >= 0.3 is 6.18 Å². The largest absolute Gasteiger partial charge is 0.416 e. The van der Waals surface area contributed by atoms with E-state index in [4.69, 9.17) is 5.21 Å². The molecular weight excluding hydrogens is 271 g/mol. The molecule has 0 heterocycles. The van der Waals surface area contributed by atoms with Crippen molar-refractivity contribution in [1.29, 1.82) is 0 Å². The van der Waals surface area contributed by atoms with Crippen molar-refractivity contribution in [2.45, 2.75) is 6.18 Å². The Morgan fingerprint density at radius 1 is 1.00 bits per heavy atom. The second-order valence-corrected chi connectivity index (χ2v) is 4.06. The van der Waals surface area contributed by atoms with Crippen LogP contribution in [-0.4, -0.2) is 11.1 Å². The number of alkyl halides is 3. The summed E-state index contributed by atoms with van der Waals surface area (Å²) in [5, 5.41) is 8.66. The summed E-state index contributed by atoms with van der Waals surface area (Å²) in [5.41, 5.74) is 1.82. The molecule has 3 nitrogen and oxygen atoms in total. The van der Waals surface area contributed by atoms with Crippen LogP contribution in [0.1, 0.15) is 15.9 Å². The molecule has 20 heavy (non-hydrogen) atoms. The summed E-state index contributed by atoms with van der Waals surface area (Å²) in [4.78, 5) is 11.5. The number of hydrogen-bond acceptors (Lipinski definition) is 2. The van der Waals surface area contributed by atoms with Crippen molar-refractivity contribution in [3.8, 4) is 11.1 Å². The van der Waals surface area contributed by atoms with Crippen LogP contribution in [0.2, 0.25) is 0 Å². The third kappa shape index (κ3) is 2.80. The van der Waals surface area contributed by atoms with Crippen LogP contribution in [-0.2, 0) is 6.18 Å². The summed E-state index contributed by atoms with van der Waals surface area (Å²) in [7, 11) is 0. The first-order valence-electron chi connectivity index (χ1n) is 5.64. The second-order valence-electron chi connectivity index (χ2n) is 4.06. The Kier molecular flexibility index (Phi) is 3.76. The maximum atomic E-state index is 12.5. The standard InChI is InChI=1S/C14H10F3NO2/c15-14(16,17)10-7-5-9(6-8-10)11-3-1-2-4-12(11)13(19)18-20/h1-8,20H,(H,18,19). The zero-order valence-electron chi connectivity index (χ0n) is 10.1. The molecule has 0 saturated carbocycles. The summed E-state index contributed by atoms with van der Waals surface area (Å²) >= 11 is 0. The number of hydrogen-bond donors (Lipinski definition) is 2. The van der Waals surface area contributed by atoms with Gasteiger partial charge in [-0.05, 0) is 29.3 Å². The molecule has 104 valence electrons. The van der Waals surface area contributed by atoms with E-state index < -0.39 is 17.6 Å². The summed E-state index contributed by atoms with van der Waals surface area (Å²) in [5.74, 6) is -0.722. The van der Waals surface area contributed by atoms with Gasteiger partial charge in [-0.25, -0.2) is 5.48 Å². The van der Waals surface area contributed by atoms with Crippen LogP contribution in [0.15, 0.2) is 48.5 Å². The van der Waals surface area contributed by atoms with E-state index in [2.05, 4.69) is 0 Å². The molecule has 2 aromatic rings. The Bertz CT molecular complexity index is 621. The highest BCUT2D eigenvalue weighted by molar-refractivity contribution is 6.00. The first-order valence-corrected chi connectivity index (χ1v) is 5.64. The van der Waals surface area contributed by atoms with Crippen LogP contribution in [0.25, 0.3) is 11.1 Å². The molecule has 6 heteroatoms. The normalized spacial score (nSPS) is 11.2. The molecule has 0 bridgehead atoms. The van der Waals surface area contributed by atoms with Gasteiger partial charge < -0.3 is 0 Å². The molecule has 0 fully saturated rings. The van der Waals surface area contributed by atoms with Crippen LogP contribution in [0.5, 0.6) is 0 Å². The fourth-order valence-electron chi connectivity index (χ4n) is 1.83. The highest BCUT2D eigenvalue weighted by Gasteiger charge is 2.30. The van der Waals surface area contributed by atoms with Gasteiger partial charge in [0, 0.05) is 5.56 Å². The summed E-state index contributed by atoms with van der Waals surface area (Å²) < 4.78 is 37.5. The Balaban J connectivity index is 2.45. The SMILES string of the molecule is O=C(NO)c1ccccc1-c1ccc(C(F)(F)F)cc1. The molecule has 0 unspecified atom stereocenters. The van der Waals surface area contributed by atoms with E-state index in [-0.39, 0.29) is 5.56 Å². The van der Waals surface area contributed by atoms with Crippen molar-refractivity contribution < 1.29 is 23.2 Å². The maximum absolute atomic E-state index is 12.5. The van der Waals surface area contributed by atoms with Crippen LogP contribution >= 0.6 is 0 Å². The summed E-state index contributed by atoms with van der Waals surface area (Å²) in [6.45, 7) is 0. The molecule has 2 N–H and O–H groups in total. The summed E-state index contributed by atoms with van der Waals surface area (Å²) in [6.07, 6.45) is -4.40. The zero-order valence-corrected chi connectivity index (χ0v) is 10.1. The molecular formula is C14H10F3NO2. The Morgan fingerprint density at radius 2 is 1.60 bits per heavy atom. The maximum Gasteiger partial charge on any atom is 0.416 e. The van der Waals surface area contributed by atoms with Crippen LogP contribution in [0, 0.1) is 0 Å². The van der Waals surface area contributed by atoms with Crippen molar-refractivity contribution in [3.63, 3.8) is 0 Å². The van der Waals surface area contributed by atoms with E-state index >= 15 is 0 Å². The van der Waals surface area contributed by atoms with E-state index in [1.165, 1.54) is 23.7 Å². The molecule has 0 aromatic heterocycles. The van der Waals surface area contributed by atoms with Gasteiger partial charge in [0.25, 0.3) is 5.91 Å². The van der Waals surface area contributed by atoms with E-state index in [0.717, 1.165) is 12.1 Å². The molecule has 2 rings (SSSR count). The van der Waals surface area contributed by atoms with Gasteiger partial charge in [-0.3, -0.25) is 10.0 Å². The quantitative estimate of drug-likeness (QED) is 0.654. The zero-order chi connectivity index (χ0) is 14.8. The lowest BCUT2D eigenvalue weighted by Gasteiger charge is -2.10. The molecule has 0 spiro atoms. The molecule has 0 atom stereocenters. The van der Waals surface area contributed by atoms with Crippen molar-refractivity contribution in [2.24, 2.45) is 0 Å². The number of hydroxylamine groups is 1. The van der Waals surface area contributed by atoms with Crippen molar-refractivity contribution >= 4 is 5.91 Å². The molecule has 0 aliphatic heterocycles. The lowest BCUT2D eigenvalue weighted by Crippen LogP contribution is -2.19. The topological polar surface area (TPSA) is 49.3 Å². The van der Waals surface area contributed by atoms with Crippen molar-refractivity contribution in [2.75, 3.05) is 0 Å². The summed E-state index contributed by atoms with van der Waals surface area (Å²) in [6, 6.07) is 10.8. The van der Waals surface area contributed by atoms with Gasteiger partial charge in [-0.2, -0.15) is 13.2 Å². The van der Waals surface area contributed by atoms with E-state index in [1.807, 2.05) is 0 Å². The first kappa shape index (κ1) is 14.1. The van der Waals surface area contributed by atoms with E-state index in [0.29, 0.717) is 11.1 Å². The van der Waals surface area contributed by atoms with Crippen LogP contribution < -0.4 is 5.48 Å². The third-order valence-electron chi connectivity index (χ3n) is 2.80. The van der Waals surface area contributed by atoms with Gasteiger partial charge in [0.1, 0.15) is 0 Å². The first-order chi connectivity index (χ1) is 9.43. The molecule has 0 radical (unpaired) electrons. The average molecular weight is 281 g/mol. The molecule has 0 saturated heterocycles. The minimum atomic E-state index is -4.40. The number of nitrogens with one attached hydrogen (secondary N) is 1. The second kappa shape index (κ2) is 5.34. The number of rotatable bonds is 2. The fraction of sp³-hybridized carbons (Fsp3) is 0.0714. The number of halogens is 3. The number of amides is 1. The van der Waals surface area contributed by atoms with Gasteiger partial charge in [0.15, 0.2) is 0 Å². The molecule has 0 aliphatic carbocycles. The Hall–Kier alpha value is -2.34. The number of carbonyl (C=O) groups is 1. The number of benzene rings is 2. The highest BCUT2D eigenvalue weighted by atomic mass is 19.4. The lowest BCUT2D eigenvalue weighted by molar-refractivity contribution is -0.137. The highest BCUT2D eigenvalue weighted by Crippen LogP contribution is 2.31. The van der Waals surface area contributed by atoms with Crippen molar-refractivity contribution in [1.82, 2.24) is 5.48 Å². The van der Waals surface area contributed by atoms with E-state index in [9.17, 15) is 18.0 Å². The molecule has 0 aliphatic rings. The minimum absolute atomic E-state index is 0.176. The average Bonchev–Trinajstić information content (AvgIpc) is 2.45. The number of carbonyl (C=O) groups excluding carboxylic acids is 1. The smallest absolute Gasteiger partial charge is 0.288 e. The van der Waals surface area contributed by atoms with Gasteiger partial charge in [-0.15, -0.1) is 0 Å². The predicted molar refractivity (Wildman–Crippen MR) is 66.1 cm³/mol. The Labute approximate surface area is 112 Å². The Morgan fingerprint density at radius 3 is 2.15 bits per heavy atom. The van der Waals surface area contributed by atoms with E-state index in [1.54, 1.807) is 18.2 Å². The monoisotopic (exact) mass is 281 g/mol. The van der Waals surface area contributed by atoms with Crippen molar-refractivity contribution in [3.05, 3.63) is 59.7 Å². The fourth-order valence-corrected chi connectivity index (χ4v) is 1.83. The van der Waals surface area contributed by atoms with Gasteiger partial charge in [-0.1, -0.05) is 30.3 Å². The minimum Gasteiger partial charge on any atom is -0.288 e. The molecule has 2 aromatic carbocycles. The molecule has 1 amide bonds.